The summed E-state index contributed by atoms with van der Waals surface area (Å²) in [5.41, 5.74) is 0. The number of hydrogen-bond donors (Lipinski definition) is 1. The quantitative estimate of drug-likeness (QED) is 0.794. The molecule has 0 bridgehead atoms. The van der Waals surface area contributed by atoms with Crippen LogP contribution in [0.25, 0.3) is 0 Å². The van der Waals surface area contributed by atoms with Gasteiger partial charge in [-0.15, -0.1) is 11.8 Å². The third-order valence-electron chi connectivity index (χ3n) is 2.04. The highest BCUT2D eigenvalue weighted by Gasteiger charge is 2.08. The molecule has 0 atom stereocenters. The van der Waals surface area contributed by atoms with E-state index in [0.717, 1.165) is 4.90 Å². The summed E-state index contributed by atoms with van der Waals surface area (Å²) in [5, 5.41) is 8.66. The molecule has 3 nitrogen and oxygen atoms in total. The maximum atomic E-state index is 12.6. The number of benzene rings is 1. The summed E-state index contributed by atoms with van der Waals surface area (Å²) in [6, 6.07) is 6.01. The van der Waals surface area contributed by atoms with Crippen molar-refractivity contribution in [2.75, 3.05) is 26.0 Å². The minimum Gasteiger partial charge on any atom is -0.395 e. The van der Waals surface area contributed by atoms with Gasteiger partial charge in [0.05, 0.1) is 12.4 Å². The summed E-state index contributed by atoms with van der Waals surface area (Å²) < 4.78 is 12.6. The van der Waals surface area contributed by atoms with Crippen LogP contribution in [0.5, 0.6) is 0 Å². The van der Waals surface area contributed by atoms with E-state index in [2.05, 4.69) is 0 Å². The van der Waals surface area contributed by atoms with Crippen molar-refractivity contribution in [1.82, 2.24) is 4.90 Å². The van der Waals surface area contributed by atoms with Crippen molar-refractivity contribution >= 4 is 17.7 Å². The molecule has 1 aromatic carbocycles. The molecule has 16 heavy (non-hydrogen) atoms. The van der Waals surface area contributed by atoms with E-state index in [4.69, 9.17) is 5.11 Å². The lowest BCUT2D eigenvalue weighted by Gasteiger charge is -2.15. The monoisotopic (exact) mass is 243 g/mol. The first-order chi connectivity index (χ1) is 7.63. The van der Waals surface area contributed by atoms with Gasteiger partial charge in [-0.2, -0.15) is 0 Å². The van der Waals surface area contributed by atoms with Gasteiger partial charge in [0.15, 0.2) is 0 Å². The van der Waals surface area contributed by atoms with E-state index in [1.165, 1.54) is 28.8 Å². The Labute approximate surface area is 98.3 Å². The Kier molecular flexibility index (Phi) is 5.28. The second-order valence-electron chi connectivity index (χ2n) is 3.28. The molecule has 0 aliphatic heterocycles. The third kappa shape index (κ3) is 4.20. The highest BCUT2D eigenvalue weighted by Crippen LogP contribution is 2.18. The van der Waals surface area contributed by atoms with Crippen LogP contribution in [0.4, 0.5) is 4.39 Å². The molecule has 0 saturated heterocycles. The molecule has 1 amide bonds. The first-order valence-corrected chi connectivity index (χ1v) is 5.85. The van der Waals surface area contributed by atoms with Gasteiger partial charge in [0.25, 0.3) is 0 Å². The van der Waals surface area contributed by atoms with Gasteiger partial charge in [-0.25, -0.2) is 4.39 Å². The van der Waals surface area contributed by atoms with Gasteiger partial charge in [-0.05, 0) is 24.3 Å². The third-order valence-corrected chi connectivity index (χ3v) is 3.03. The second-order valence-corrected chi connectivity index (χ2v) is 4.33. The maximum absolute atomic E-state index is 12.6. The number of thioether (sulfide) groups is 1. The van der Waals surface area contributed by atoms with Crippen LogP contribution in [-0.4, -0.2) is 41.9 Å². The predicted molar refractivity (Wildman–Crippen MR) is 61.8 cm³/mol. The molecule has 0 aliphatic rings. The van der Waals surface area contributed by atoms with Crippen LogP contribution in [0.2, 0.25) is 0 Å². The molecule has 0 spiro atoms. The molecule has 1 aromatic rings. The molecule has 88 valence electrons. The van der Waals surface area contributed by atoms with Crippen LogP contribution < -0.4 is 0 Å². The predicted octanol–water partition coefficient (Wildman–Crippen LogP) is 1.37. The van der Waals surface area contributed by atoms with Crippen LogP contribution in [0.15, 0.2) is 29.2 Å². The van der Waals surface area contributed by atoms with E-state index in [0.29, 0.717) is 12.3 Å². The molecule has 1 rings (SSSR count). The Morgan fingerprint density at radius 3 is 2.62 bits per heavy atom. The van der Waals surface area contributed by atoms with Crippen LogP contribution in [0.1, 0.15) is 0 Å². The van der Waals surface area contributed by atoms with Crippen molar-refractivity contribution in [2.24, 2.45) is 0 Å². The van der Waals surface area contributed by atoms with E-state index in [9.17, 15) is 9.18 Å². The number of amides is 1. The Morgan fingerprint density at radius 2 is 2.06 bits per heavy atom. The first-order valence-electron chi connectivity index (χ1n) is 4.86. The molecule has 1 N–H and O–H groups in total. The van der Waals surface area contributed by atoms with Gasteiger partial charge in [0, 0.05) is 18.5 Å². The van der Waals surface area contributed by atoms with Crippen molar-refractivity contribution in [3.8, 4) is 0 Å². The summed E-state index contributed by atoms with van der Waals surface area (Å²) in [5.74, 6) is -0.0428. The smallest absolute Gasteiger partial charge is 0.232 e. The Hall–Kier alpha value is -1.07. The zero-order chi connectivity index (χ0) is 12.0. The number of nitrogens with zero attached hydrogens (tertiary/aromatic N) is 1. The van der Waals surface area contributed by atoms with Crippen LogP contribution in [-0.2, 0) is 4.79 Å². The Balaban J connectivity index is 2.39. The number of rotatable bonds is 5. The average molecular weight is 243 g/mol. The summed E-state index contributed by atoms with van der Waals surface area (Å²) in [6.07, 6.45) is 0. The fourth-order valence-electron chi connectivity index (χ4n) is 1.06. The Bertz CT molecular complexity index is 342. The van der Waals surface area contributed by atoms with Gasteiger partial charge in [-0.1, -0.05) is 0 Å². The molecule has 5 heteroatoms. The van der Waals surface area contributed by atoms with E-state index < -0.39 is 0 Å². The molecule has 0 heterocycles. The fraction of sp³-hybridized carbons (Fsp3) is 0.364. The highest BCUT2D eigenvalue weighted by molar-refractivity contribution is 8.00. The number of halogens is 1. The summed E-state index contributed by atoms with van der Waals surface area (Å²) in [7, 11) is 1.64. The molecule has 0 saturated carbocycles. The normalized spacial score (nSPS) is 10.2. The number of carbonyl (C=O) groups excluding carboxylic acids is 1. The molecular formula is C11H14FNO2S. The lowest BCUT2D eigenvalue weighted by atomic mass is 10.4. The second kappa shape index (κ2) is 6.50. The zero-order valence-electron chi connectivity index (χ0n) is 9.02. The standard InChI is InChI=1S/C11H14FNO2S/c1-13(6-7-14)11(15)8-16-10-4-2-9(12)3-5-10/h2-5,14H,6-8H2,1H3. The molecular weight excluding hydrogens is 229 g/mol. The van der Waals surface area contributed by atoms with Gasteiger partial charge in [-0.3, -0.25) is 4.79 Å². The molecule has 0 radical (unpaired) electrons. The van der Waals surface area contributed by atoms with Crippen LogP contribution >= 0.6 is 11.8 Å². The van der Waals surface area contributed by atoms with Crippen LogP contribution in [0.3, 0.4) is 0 Å². The summed E-state index contributed by atoms with van der Waals surface area (Å²) >= 11 is 1.35. The maximum Gasteiger partial charge on any atom is 0.232 e. The number of aliphatic hydroxyl groups excluding tert-OH is 1. The van der Waals surface area contributed by atoms with Gasteiger partial charge in [0.2, 0.25) is 5.91 Å². The highest BCUT2D eigenvalue weighted by atomic mass is 32.2. The molecule has 0 fully saturated rings. The van der Waals surface area contributed by atoms with Gasteiger partial charge >= 0.3 is 0 Å². The topological polar surface area (TPSA) is 40.5 Å². The molecule has 0 aromatic heterocycles. The van der Waals surface area contributed by atoms with E-state index >= 15 is 0 Å². The van der Waals surface area contributed by atoms with Crippen molar-refractivity contribution in [3.05, 3.63) is 30.1 Å². The van der Waals surface area contributed by atoms with Crippen molar-refractivity contribution in [1.29, 1.82) is 0 Å². The first kappa shape index (κ1) is 13.0. The minimum atomic E-state index is -0.284. The van der Waals surface area contributed by atoms with Gasteiger partial charge < -0.3 is 10.0 Å². The lowest BCUT2D eigenvalue weighted by Crippen LogP contribution is -2.30. The van der Waals surface area contributed by atoms with Crippen molar-refractivity contribution < 1.29 is 14.3 Å². The minimum absolute atomic E-state index is 0.0382. The largest absolute Gasteiger partial charge is 0.395 e. The fourth-order valence-corrected chi connectivity index (χ4v) is 1.90. The van der Waals surface area contributed by atoms with Crippen LogP contribution in [0, 0.1) is 5.82 Å². The van der Waals surface area contributed by atoms with Crippen molar-refractivity contribution in [3.63, 3.8) is 0 Å². The summed E-state index contributed by atoms with van der Waals surface area (Å²) in [4.78, 5) is 13.8. The molecule has 0 aliphatic carbocycles. The van der Waals surface area contributed by atoms with E-state index in [1.807, 2.05) is 0 Å². The van der Waals surface area contributed by atoms with Crippen molar-refractivity contribution in [2.45, 2.75) is 4.90 Å². The Morgan fingerprint density at radius 1 is 1.44 bits per heavy atom. The number of likely N-dealkylation sites (N-methyl/N-ethyl adjacent to an activating group) is 1. The van der Waals surface area contributed by atoms with E-state index in [1.54, 1.807) is 19.2 Å². The average Bonchev–Trinajstić information content (AvgIpc) is 2.28. The van der Waals surface area contributed by atoms with Gasteiger partial charge in [0.1, 0.15) is 5.82 Å². The molecule has 0 unspecified atom stereocenters. The number of aliphatic hydroxyl groups is 1. The number of hydrogen-bond acceptors (Lipinski definition) is 3. The SMILES string of the molecule is CN(CCO)C(=O)CSc1ccc(F)cc1. The summed E-state index contributed by atoms with van der Waals surface area (Å²) in [6.45, 7) is 0.298. The zero-order valence-corrected chi connectivity index (χ0v) is 9.84. The van der Waals surface area contributed by atoms with E-state index in [-0.39, 0.29) is 18.3 Å². The lowest BCUT2D eigenvalue weighted by molar-refractivity contribution is -0.127. The number of carbonyl (C=O) groups is 1.